The highest BCUT2D eigenvalue weighted by atomic mass is 32.2. The number of carbonyl (C=O) groups is 1. The fraction of sp³-hybridized carbons (Fsp3) is 0.167. The van der Waals surface area contributed by atoms with Crippen LogP contribution in [-0.4, -0.2) is 30.5 Å². The first kappa shape index (κ1) is 9.59. The fourth-order valence-electron chi connectivity index (χ4n) is 0.644. The maximum absolute atomic E-state index is 11.1. The molecule has 0 aliphatic rings. The number of hydrogen-bond donors (Lipinski definition) is 1. The molecule has 0 spiro atoms. The molecule has 7 heteroatoms. The second kappa shape index (κ2) is 3.48. The highest BCUT2D eigenvalue weighted by molar-refractivity contribution is 7.89. The molecule has 0 bridgehead atoms. The zero-order chi connectivity index (χ0) is 9.90. The number of aromatic nitrogens is 2. The molecule has 1 N–H and O–H groups in total. The highest BCUT2D eigenvalue weighted by Gasteiger charge is 2.10. The van der Waals surface area contributed by atoms with E-state index in [1.165, 1.54) is 18.7 Å². The van der Waals surface area contributed by atoms with E-state index in [-0.39, 0.29) is 5.56 Å². The van der Waals surface area contributed by atoms with Crippen molar-refractivity contribution in [2.45, 2.75) is 0 Å². The summed E-state index contributed by atoms with van der Waals surface area (Å²) in [5.41, 5.74) is 0.105. The van der Waals surface area contributed by atoms with E-state index >= 15 is 0 Å². The Balaban J connectivity index is 2.82. The minimum absolute atomic E-state index is 0.105. The summed E-state index contributed by atoms with van der Waals surface area (Å²) in [6, 6.07) is 0. The number of sulfonamides is 1. The first-order valence-corrected chi connectivity index (χ1v) is 5.15. The molecule has 0 fully saturated rings. The van der Waals surface area contributed by atoms with E-state index in [4.69, 9.17) is 0 Å². The molecule has 1 aromatic heterocycles. The molecule has 13 heavy (non-hydrogen) atoms. The number of rotatable bonds is 2. The molecule has 0 aliphatic carbocycles. The van der Waals surface area contributed by atoms with Gasteiger partial charge in [-0.25, -0.2) is 23.1 Å². The van der Waals surface area contributed by atoms with E-state index in [0.29, 0.717) is 0 Å². The second-order valence-electron chi connectivity index (χ2n) is 2.33. The third-order valence-electron chi connectivity index (χ3n) is 1.10. The van der Waals surface area contributed by atoms with Crippen molar-refractivity contribution in [2.24, 2.45) is 0 Å². The molecule has 0 saturated heterocycles. The third kappa shape index (κ3) is 3.16. The van der Waals surface area contributed by atoms with E-state index in [2.05, 4.69) is 9.97 Å². The fourth-order valence-corrected chi connectivity index (χ4v) is 1.10. The van der Waals surface area contributed by atoms with Gasteiger partial charge in [0.1, 0.15) is 6.33 Å². The van der Waals surface area contributed by atoms with Crippen molar-refractivity contribution in [1.29, 1.82) is 0 Å². The molecular weight excluding hydrogens is 194 g/mol. The summed E-state index contributed by atoms with van der Waals surface area (Å²) in [4.78, 5) is 18.2. The van der Waals surface area contributed by atoms with Crippen LogP contribution < -0.4 is 4.72 Å². The molecule has 0 unspecified atom stereocenters. The van der Waals surface area contributed by atoms with E-state index in [0.717, 1.165) is 6.26 Å². The monoisotopic (exact) mass is 201 g/mol. The highest BCUT2D eigenvalue weighted by Crippen LogP contribution is 1.92. The lowest BCUT2D eigenvalue weighted by atomic mass is 10.3. The van der Waals surface area contributed by atoms with E-state index in [1.807, 2.05) is 0 Å². The van der Waals surface area contributed by atoms with Crippen LogP contribution in [0.15, 0.2) is 18.7 Å². The summed E-state index contributed by atoms with van der Waals surface area (Å²) in [6.07, 6.45) is 4.60. The predicted molar refractivity (Wildman–Crippen MR) is 44.3 cm³/mol. The van der Waals surface area contributed by atoms with Crippen molar-refractivity contribution in [3.05, 3.63) is 24.3 Å². The standard InChI is InChI=1S/C6H7N3O3S/c1-13(11,12)9-6(10)5-2-7-4-8-3-5/h2-4H,1H3,(H,9,10). The Morgan fingerprint density at radius 3 is 2.38 bits per heavy atom. The Bertz CT molecular complexity index is 400. The van der Waals surface area contributed by atoms with Gasteiger partial charge in [-0.1, -0.05) is 0 Å². The van der Waals surface area contributed by atoms with Gasteiger partial charge < -0.3 is 0 Å². The Morgan fingerprint density at radius 1 is 1.38 bits per heavy atom. The first-order valence-electron chi connectivity index (χ1n) is 3.26. The molecule has 1 heterocycles. The van der Waals surface area contributed by atoms with E-state index in [9.17, 15) is 13.2 Å². The average molecular weight is 201 g/mol. The molecule has 0 aromatic carbocycles. The van der Waals surface area contributed by atoms with Crippen molar-refractivity contribution in [3.63, 3.8) is 0 Å². The molecule has 0 saturated carbocycles. The van der Waals surface area contributed by atoms with Crippen molar-refractivity contribution in [2.75, 3.05) is 6.26 Å². The summed E-state index contributed by atoms with van der Waals surface area (Å²) in [6.45, 7) is 0. The number of carbonyl (C=O) groups excluding carboxylic acids is 1. The Labute approximate surface area is 75.1 Å². The van der Waals surface area contributed by atoms with Crippen LogP contribution in [0.25, 0.3) is 0 Å². The van der Waals surface area contributed by atoms with Gasteiger partial charge in [-0.05, 0) is 0 Å². The lowest BCUT2D eigenvalue weighted by Gasteiger charge is -2.00. The minimum Gasteiger partial charge on any atom is -0.268 e. The lowest BCUT2D eigenvalue weighted by Crippen LogP contribution is -2.29. The number of amides is 1. The van der Waals surface area contributed by atoms with Crippen molar-refractivity contribution in [1.82, 2.24) is 14.7 Å². The van der Waals surface area contributed by atoms with Gasteiger partial charge in [-0.2, -0.15) is 0 Å². The van der Waals surface area contributed by atoms with Gasteiger partial charge >= 0.3 is 0 Å². The van der Waals surface area contributed by atoms with Crippen LogP contribution in [0.2, 0.25) is 0 Å². The number of nitrogens with zero attached hydrogens (tertiary/aromatic N) is 2. The normalized spacial score (nSPS) is 10.8. The SMILES string of the molecule is CS(=O)(=O)NC(=O)c1cncnc1. The van der Waals surface area contributed by atoms with Crippen molar-refractivity contribution < 1.29 is 13.2 Å². The minimum atomic E-state index is -3.53. The van der Waals surface area contributed by atoms with Crippen LogP contribution >= 0.6 is 0 Å². The van der Waals surface area contributed by atoms with Crippen molar-refractivity contribution >= 4 is 15.9 Å². The molecular formula is C6H7N3O3S. The van der Waals surface area contributed by atoms with Gasteiger partial charge in [0.25, 0.3) is 5.91 Å². The lowest BCUT2D eigenvalue weighted by molar-refractivity contribution is 0.0981. The molecule has 1 aromatic rings. The van der Waals surface area contributed by atoms with Gasteiger partial charge in [0.15, 0.2) is 0 Å². The Hall–Kier alpha value is -1.50. The molecule has 0 atom stereocenters. The third-order valence-corrected chi connectivity index (χ3v) is 1.66. The smallest absolute Gasteiger partial charge is 0.267 e. The maximum Gasteiger partial charge on any atom is 0.267 e. The van der Waals surface area contributed by atoms with Crippen LogP contribution in [0.4, 0.5) is 0 Å². The summed E-state index contributed by atoms with van der Waals surface area (Å²) >= 11 is 0. The molecule has 70 valence electrons. The largest absolute Gasteiger partial charge is 0.268 e. The van der Waals surface area contributed by atoms with Gasteiger partial charge in [0.05, 0.1) is 11.8 Å². The van der Waals surface area contributed by atoms with E-state index in [1.54, 1.807) is 4.72 Å². The summed E-state index contributed by atoms with van der Waals surface area (Å²) in [5.74, 6) is -0.733. The van der Waals surface area contributed by atoms with Crippen LogP contribution in [0.3, 0.4) is 0 Å². The van der Waals surface area contributed by atoms with Crippen LogP contribution in [0.1, 0.15) is 10.4 Å². The zero-order valence-corrected chi connectivity index (χ0v) is 7.58. The van der Waals surface area contributed by atoms with Crippen LogP contribution in [-0.2, 0) is 10.0 Å². The Kier molecular flexibility index (Phi) is 2.57. The summed E-state index contributed by atoms with van der Waals surface area (Å²) < 4.78 is 23.1. The van der Waals surface area contributed by atoms with Gasteiger partial charge in [0.2, 0.25) is 10.0 Å². The molecule has 0 aliphatic heterocycles. The van der Waals surface area contributed by atoms with Crippen LogP contribution in [0.5, 0.6) is 0 Å². The average Bonchev–Trinajstić information content (AvgIpc) is 2.03. The van der Waals surface area contributed by atoms with Crippen LogP contribution in [0, 0.1) is 0 Å². The van der Waals surface area contributed by atoms with E-state index < -0.39 is 15.9 Å². The number of nitrogens with one attached hydrogen (secondary N) is 1. The van der Waals surface area contributed by atoms with Gasteiger partial charge in [-0.3, -0.25) is 4.79 Å². The van der Waals surface area contributed by atoms with Crippen molar-refractivity contribution in [3.8, 4) is 0 Å². The number of hydrogen-bond acceptors (Lipinski definition) is 5. The second-order valence-corrected chi connectivity index (χ2v) is 4.08. The molecule has 0 radical (unpaired) electrons. The molecule has 6 nitrogen and oxygen atoms in total. The molecule has 1 rings (SSSR count). The van der Waals surface area contributed by atoms with Gasteiger partial charge in [-0.15, -0.1) is 0 Å². The molecule has 1 amide bonds. The predicted octanol–water partition coefficient (Wildman–Crippen LogP) is -0.834. The quantitative estimate of drug-likeness (QED) is 0.674. The summed E-state index contributed by atoms with van der Waals surface area (Å²) in [7, 11) is -3.53. The topological polar surface area (TPSA) is 89.0 Å². The van der Waals surface area contributed by atoms with Gasteiger partial charge in [0, 0.05) is 12.4 Å². The summed E-state index contributed by atoms with van der Waals surface area (Å²) in [5, 5.41) is 0. The first-order chi connectivity index (χ1) is 5.99. The Morgan fingerprint density at radius 2 is 1.92 bits per heavy atom. The zero-order valence-electron chi connectivity index (χ0n) is 6.76. The maximum atomic E-state index is 11.1.